The van der Waals surface area contributed by atoms with Gasteiger partial charge in [-0.05, 0) is 73.5 Å². The SMILES string of the molecule is CC1(C)c2cc(-c3ccccc3)ccc2-c2c(-c3nc4ccccc4nc3-c3ccc(-c4ccccc4)cc3)cccc2C1(C)C. The van der Waals surface area contributed by atoms with Crippen LogP contribution in [0.4, 0.5) is 0 Å². The summed E-state index contributed by atoms with van der Waals surface area (Å²) in [5.74, 6) is 0. The van der Waals surface area contributed by atoms with E-state index >= 15 is 0 Å². The lowest BCUT2D eigenvalue weighted by atomic mass is 9.54. The summed E-state index contributed by atoms with van der Waals surface area (Å²) in [5, 5.41) is 0. The van der Waals surface area contributed by atoms with Crippen molar-refractivity contribution in [3.63, 3.8) is 0 Å². The molecule has 0 spiro atoms. The first kappa shape index (κ1) is 28.2. The van der Waals surface area contributed by atoms with Gasteiger partial charge >= 0.3 is 0 Å². The number of rotatable bonds is 4. The van der Waals surface area contributed by atoms with Gasteiger partial charge in [0.05, 0.1) is 22.4 Å². The van der Waals surface area contributed by atoms with E-state index in [1.807, 2.05) is 12.1 Å². The topological polar surface area (TPSA) is 25.8 Å². The molecular weight excluding hydrogens is 556 g/mol. The fourth-order valence-corrected chi connectivity index (χ4v) is 7.16. The van der Waals surface area contributed by atoms with Gasteiger partial charge in [0.15, 0.2) is 0 Å². The lowest BCUT2D eigenvalue weighted by molar-refractivity contribution is 0.299. The molecule has 0 atom stereocenters. The Labute approximate surface area is 271 Å². The number of fused-ring (bicyclic) bond motifs is 4. The van der Waals surface area contributed by atoms with E-state index in [0.29, 0.717) is 0 Å². The Kier molecular flexibility index (Phi) is 6.51. The van der Waals surface area contributed by atoms with Crippen molar-refractivity contribution >= 4 is 11.0 Å². The van der Waals surface area contributed by atoms with Crippen LogP contribution >= 0.6 is 0 Å². The van der Waals surface area contributed by atoms with E-state index in [1.165, 1.54) is 44.5 Å². The molecule has 1 heterocycles. The van der Waals surface area contributed by atoms with Crippen molar-refractivity contribution in [2.24, 2.45) is 0 Å². The van der Waals surface area contributed by atoms with Crippen LogP contribution in [0.1, 0.15) is 38.8 Å². The molecule has 222 valence electrons. The van der Waals surface area contributed by atoms with E-state index in [9.17, 15) is 0 Å². The summed E-state index contributed by atoms with van der Waals surface area (Å²) in [6.07, 6.45) is 0. The van der Waals surface area contributed by atoms with Gasteiger partial charge in [0.1, 0.15) is 0 Å². The zero-order valence-corrected chi connectivity index (χ0v) is 26.8. The zero-order chi connectivity index (χ0) is 31.5. The minimum Gasteiger partial charge on any atom is -0.244 e. The van der Waals surface area contributed by atoms with E-state index in [4.69, 9.17) is 9.97 Å². The van der Waals surface area contributed by atoms with Crippen molar-refractivity contribution < 1.29 is 0 Å². The second-order valence-electron chi connectivity index (χ2n) is 13.5. The molecule has 7 aromatic rings. The average Bonchev–Trinajstić information content (AvgIpc) is 3.11. The quantitative estimate of drug-likeness (QED) is 0.203. The number of hydrogen-bond donors (Lipinski definition) is 0. The normalized spacial score (nSPS) is 14.4. The van der Waals surface area contributed by atoms with Gasteiger partial charge in [-0.15, -0.1) is 0 Å². The average molecular weight is 593 g/mol. The molecule has 6 aromatic carbocycles. The third-order valence-electron chi connectivity index (χ3n) is 10.5. The lowest BCUT2D eigenvalue weighted by Gasteiger charge is -2.49. The van der Waals surface area contributed by atoms with Crippen LogP contribution in [0.3, 0.4) is 0 Å². The molecule has 2 nitrogen and oxygen atoms in total. The molecule has 0 aliphatic heterocycles. The maximum Gasteiger partial charge on any atom is 0.0979 e. The minimum absolute atomic E-state index is 0.107. The lowest BCUT2D eigenvalue weighted by Crippen LogP contribution is -2.43. The molecule has 2 heteroatoms. The minimum atomic E-state index is -0.136. The van der Waals surface area contributed by atoms with Crippen LogP contribution in [-0.2, 0) is 10.8 Å². The molecule has 0 saturated heterocycles. The van der Waals surface area contributed by atoms with E-state index in [1.54, 1.807) is 0 Å². The molecule has 0 bridgehead atoms. The van der Waals surface area contributed by atoms with Gasteiger partial charge in [-0.1, -0.05) is 155 Å². The van der Waals surface area contributed by atoms with Crippen molar-refractivity contribution in [3.8, 4) is 55.9 Å². The number of nitrogens with zero attached hydrogens (tertiary/aromatic N) is 2. The first-order valence-corrected chi connectivity index (χ1v) is 16.1. The molecule has 0 N–H and O–H groups in total. The summed E-state index contributed by atoms with van der Waals surface area (Å²) < 4.78 is 0. The molecule has 1 aliphatic carbocycles. The van der Waals surface area contributed by atoms with Gasteiger partial charge in [-0.25, -0.2) is 9.97 Å². The maximum absolute atomic E-state index is 5.37. The molecule has 1 aromatic heterocycles. The van der Waals surface area contributed by atoms with Gasteiger partial charge in [-0.3, -0.25) is 0 Å². The fraction of sp³-hybridized carbons (Fsp3) is 0.136. The van der Waals surface area contributed by atoms with Crippen LogP contribution in [-0.4, -0.2) is 9.97 Å². The third-order valence-corrected chi connectivity index (χ3v) is 10.5. The Balaban J connectivity index is 1.37. The highest BCUT2D eigenvalue weighted by atomic mass is 14.8. The molecule has 0 amide bonds. The third kappa shape index (κ3) is 4.40. The van der Waals surface area contributed by atoms with Crippen LogP contribution in [0.5, 0.6) is 0 Å². The fourth-order valence-electron chi connectivity index (χ4n) is 7.16. The predicted octanol–water partition coefficient (Wildman–Crippen LogP) is 11.5. The number of para-hydroxylation sites is 2. The second-order valence-corrected chi connectivity index (χ2v) is 13.5. The Bertz CT molecular complexity index is 2230. The standard InChI is InChI=1S/C44H36N2/c1-43(2)36-19-13-18-35(40(36)34-27-26-33(28-37(34)44(43,3)4)30-16-9-6-10-17-30)42-41(45-38-20-11-12-21-39(38)46-42)32-24-22-31(23-25-32)29-14-7-5-8-15-29/h5-28H,1-4H3. The summed E-state index contributed by atoms with van der Waals surface area (Å²) in [6, 6.07) is 52.0. The number of hydrogen-bond acceptors (Lipinski definition) is 2. The summed E-state index contributed by atoms with van der Waals surface area (Å²) in [4.78, 5) is 10.7. The monoisotopic (exact) mass is 592 g/mol. The second kappa shape index (κ2) is 10.6. The summed E-state index contributed by atoms with van der Waals surface area (Å²) in [6.45, 7) is 9.57. The molecule has 46 heavy (non-hydrogen) atoms. The number of benzene rings is 6. The Morgan fingerprint density at radius 2 is 0.870 bits per heavy atom. The molecule has 0 saturated carbocycles. The van der Waals surface area contributed by atoms with Gasteiger partial charge in [0.2, 0.25) is 0 Å². The largest absolute Gasteiger partial charge is 0.244 e. The van der Waals surface area contributed by atoms with E-state index < -0.39 is 0 Å². The smallest absolute Gasteiger partial charge is 0.0979 e. The Morgan fingerprint density at radius 1 is 0.370 bits per heavy atom. The molecule has 8 rings (SSSR count). The van der Waals surface area contributed by atoms with E-state index in [-0.39, 0.29) is 10.8 Å². The van der Waals surface area contributed by atoms with E-state index in [2.05, 4.69) is 161 Å². The van der Waals surface area contributed by atoms with Gasteiger partial charge in [0, 0.05) is 11.1 Å². The van der Waals surface area contributed by atoms with Gasteiger partial charge in [0.25, 0.3) is 0 Å². The number of aromatic nitrogens is 2. The Morgan fingerprint density at radius 3 is 1.52 bits per heavy atom. The van der Waals surface area contributed by atoms with Crippen molar-refractivity contribution in [3.05, 3.63) is 157 Å². The molecular formula is C44H36N2. The molecule has 1 aliphatic rings. The van der Waals surface area contributed by atoms with Crippen molar-refractivity contribution in [2.75, 3.05) is 0 Å². The van der Waals surface area contributed by atoms with Crippen molar-refractivity contribution in [1.82, 2.24) is 9.97 Å². The highest BCUT2D eigenvalue weighted by Crippen LogP contribution is 2.56. The molecule has 0 radical (unpaired) electrons. The highest BCUT2D eigenvalue weighted by molar-refractivity contribution is 5.96. The van der Waals surface area contributed by atoms with Gasteiger partial charge in [-0.2, -0.15) is 0 Å². The van der Waals surface area contributed by atoms with E-state index in [0.717, 1.165) is 33.5 Å². The van der Waals surface area contributed by atoms with Crippen LogP contribution in [0.15, 0.2) is 146 Å². The summed E-state index contributed by atoms with van der Waals surface area (Å²) in [7, 11) is 0. The zero-order valence-electron chi connectivity index (χ0n) is 26.8. The van der Waals surface area contributed by atoms with Crippen LogP contribution in [0.25, 0.3) is 66.9 Å². The summed E-state index contributed by atoms with van der Waals surface area (Å²) in [5.41, 5.74) is 15.6. The van der Waals surface area contributed by atoms with Crippen molar-refractivity contribution in [1.29, 1.82) is 0 Å². The maximum atomic E-state index is 5.37. The summed E-state index contributed by atoms with van der Waals surface area (Å²) >= 11 is 0. The highest BCUT2D eigenvalue weighted by Gasteiger charge is 2.46. The molecule has 0 fully saturated rings. The molecule has 0 unspecified atom stereocenters. The van der Waals surface area contributed by atoms with Crippen molar-refractivity contribution in [2.45, 2.75) is 38.5 Å². The first-order chi connectivity index (χ1) is 22.3. The van der Waals surface area contributed by atoms with Crippen LogP contribution in [0, 0.1) is 0 Å². The van der Waals surface area contributed by atoms with Gasteiger partial charge < -0.3 is 0 Å². The predicted molar refractivity (Wildman–Crippen MR) is 193 cm³/mol. The first-order valence-electron chi connectivity index (χ1n) is 16.1. The Hall–Kier alpha value is -5.34. The van der Waals surface area contributed by atoms with Crippen LogP contribution in [0.2, 0.25) is 0 Å². The van der Waals surface area contributed by atoms with Crippen LogP contribution < -0.4 is 0 Å².